The molecule has 1 aromatic heterocycles. The van der Waals surface area contributed by atoms with Gasteiger partial charge in [-0.2, -0.15) is 0 Å². The van der Waals surface area contributed by atoms with Gasteiger partial charge in [-0.05, 0) is 30.7 Å². The number of hydrogen-bond acceptors (Lipinski definition) is 3. The lowest BCUT2D eigenvalue weighted by molar-refractivity contribution is 0.457. The largest absolute Gasteiger partial charge is 0.439 e. The van der Waals surface area contributed by atoms with Crippen LogP contribution in [-0.2, 0) is 6.54 Å². The van der Waals surface area contributed by atoms with Crippen LogP contribution in [0.4, 0.5) is 0 Å². The Morgan fingerprint density at radius 2 is 2.12 bits per heavy atom. The zero-order chi connectivity index (χ0) is 12.3. The Balaban J connectivity index is 2.27. The Kier molecular flexibility index (Phi) is 3.76. The maximum atomic E-state index is 5.74. The quantitative estimate of drug-likeness (QED) is 0.943. The lowest BCUT2D eigenvalue weighted by Gasteiger charge is -2.08. The Morgan fingerprint density at radius 3 is 2.88 bits per heavy atom. The molecule has 3 nitrogen and oxygen atoms in total. The maximum absolute atomic E-state index is 5.74. The second kappa shape index (κ2) is 5.29. The summed E-state index contributed by atoms with van der Waals surface area (Å²) in [5.41, 5.74) is 7.42. The van der Waals surface area contributed by atoms with Gasteiger partial charge in [-0.3, -0.25) is 0 Å². The molecule has 0 aliphatic rings. The summed E-state index contributed by atoms with van der Waals surface area (Å²) in [5.74, 6) is 1.36. The number of aryl methyl sites for hydroxylation is 1. The van der Waals surface area contributed by atoms with E-state index in [2.05, 4.69) is 20.9 Å². The molecule has 2 N–H and O–H groups in total. The Hall–Kier alpha value is -1.39. The van der Waals surface area contributed by atoms with E-state index < -0.39 is 0 Å². The Morgan fingerprint density at radius 1 is 1.29 bits per heavy atom. The number of ether oxygens (including phenoxy) is 1. The molecule has 88 valence electrons. The first-order valence-electron chi connectivity index (χ1n) is 5.29. The molecule has 1 aromatic carbocycles. The summed E-state index contributed by atoms with van der Waals surface area (Å²) in [6.45, 7) is 2.41. The molecular formula is C13H13BrN2O. The minimum atomic E-state index is 0.411. The van der Waals surface area contributed by atoms with Gasteiger partial charge in [0.15, 0.2) is 0 Å². The van der Waals surface area contributed by atoms with Gasteiger partial charge in [0.05, 0.1) is 5.69 Å². The molecule has 0 radical (unpaired) electrons. The molecule has 1 heterocycles. The summed E-state index contributed by atoms with van der Waals surface area (Å²) in [7, 11) is 0. The van der Waals surface area contributed by atoms with E-state index in [1.807, 2.05) is 43.3 Å². The topological polar surface area (TPSA) is 48.1 Å². The van der Waals surface area contributed by atoms with Gasteiger partial charge in [0.2, 0.25) is 5.88 Å². The highest BCUT2D eigenvalue weighted by molar-refractivity contribution is 9.10. The zero-order valence-corrected chi connectivity index (χ0v) is 11.1. The van der Waals surface area contributed by atoms with E-state index in [4.69, 9.17) is 10.5 Å². The van der Waals surface area contributed by atoms with Crippen molar-refractivity contribution in [2.24, 2.45) is 5.73 Å². The van der Waals surface area contributed by atoms with Crippen molar-refractivity contribution in [3.8, 4) is 11.6 Å². The van der Waals surface area contributed by atoms with Crippen LogP contribution >= 0.6 is 15.9 Å². The van der Waals surface area contributed by atoms with Crippen molar-refractivity contribution in [1.29, 1.82) is 0 Å². The molecule has 17 heavy (non-hydrogen) atoms. The molecular weight excluding hydrogens is 280 g/mol. The predicted octanol–water partition coefficient (Wildman–Crippen LogP) is 3.40. The van der Waals surface area contributed by atoms with Crippen molar-refractivity contribution in [2.45, 2.75) is 13.5 Å². The highest BCUT2D eigenvalue weighted by Gasteiger charge is 2.03. The van der Waals surface area contributed by atoms with Gasteiger partial charge in [-0.25, -0.2) is 4.98 Å². The SMILES string of the molecule is Cc1ccc(Br)cc1Oc1cccc(CN)n1. The van der Waals surface area contributed by atoms with Crippen LogP contribution in [0, 0.1) is 6.92 Å². The molecule has 0 aliphatic heterocycles. The summed E-state index contributed by atoms with van der Waals surface area (Å²) in [6, 6.07) is 11.5. The van der Waals surface area contributed by atoms with Gasteiger partial charge in [0, 0.05) is 17.1 Å². The number of rotatable bonds is 3. The average molecular weight is 293 g/mol. The van der Waals surface area contributed by atoms with Gasteiger partial charge in [0.1, 0.15) is 5.75 Å². The van der Waals surface area contributed by atoms with Crippen LogP contribution in [-0.4, -0.2) is 4.98 Å². The van der Waals surface area contributed by atoms with Crippen molar-refractivity contribution in [3.63, 3.8) is 0 Å². The van der Waals surface area contributed by atoms with Crippen LogP contribution < -0.4 is 10.5 Å². The smallest absolute Gasteiger partial charge is 0.219 e. The van der Waals surface area contributed by atoms with E-state index in [1.54, 1.807) is 0 Å². The summed E-state index contributed by atoms with van der Waals surface area (Å²) in [4.78, 5) is 4.29. The number of benzene rings is 1. The van der Waals surface area contributed by atoms with Crippen molar-refractivity contribution < 1.29 is 4.74 Å². The van der Waals surface area contributed by atoms with Crippen molar-refractivity contribution in [1.82, 2.24) is 4.98 Å². The van der Waals surface area contributed by atoms with Gasteiger partial charge >= 0.3 is 0 Å². The third-order valence-electron chi connectivity index (χ3n) is 2.36. The summed E-state index contributed by atoms with van der Waals surface area (Å²) < 4.78 is 6.72. The molecule has 4 heteroatoms. The molecule has 2 aromatic rings. The number of halogens is 1. The average Bonchev–Trinajstić information content (AvgIpc) is 2.34. The van der Waals surface area contributed by atoms with E-state index in [1.165, 1.54) is 0 Å². The van der Waals surface area contributed by atoms with Crippen molar-refractivity contribution >= 4 is 15.9 Å². The van der Waals surface area contributed by atoms with Crippen molar-refractivity contribution in [2.75, 3.05) is 0 Å². The van der Waals surface area contributed by atoms with Gasteiger partial charge in [0.25, 0.3) is 0 Å². The number of pyridine rings is 1. The summed E-state index contributed by atoms with van der Waals surface area (Å²) in [5, 5.41) is 0. The standard InChI is InChI=1S/C13H13BrN2O/c1-9-5-6-10(14)7-12(9)17-13-4-2-3-11(8-15)16-13/h2-7H,8,15H2,1H3. The van der Waals surface area contributed by atoms with Crippen LogP contribution in [0.2, 0.25) is 0 Å². The first-order valence-corrected chi connectivity index (χ1v) is 6.08. The normalized spacial score (nSPS) is 10.3. The van der Waals surface area contributed by atoms with E-state index in [-0.39, 0.29) is 0 Å². The molecule has 0 saturated heterocycles. The summed E-state index contributed by atoms with van der Waals surface area (Å²) in [6.07, 6.45) is 0. The molecule has 2 rings (SSSR count). The molecule has 0 amide bonds. The van der Waals surface area contributed by atoms with E-state index in [9.17, 15) is 0 Å². The van der Waals surface area contributed by atoms with Crippen LogP contribution in [0.15, 0.2) is 40.9 Å². The second-order valence-electron chi connectivity index (χ2n) is 3.68. The fourth-order valence-electron chi connectivity index (χ4n) is 1.42. The fraction of sp³-hybridized carbons (Fsp3) is 0.154. The highest BCUT2D eigenvalue weighted by atomic mass is 79.9. The number of nitrogens with zero attached hydrogens (tertiary/aromatic N) is 1. The molecule has 0 fully saturated rings. The Bertz CT molecular complexity index is 529. The lowest BCUT2D eigenvalue weighted by atomic mass is 10.2. The van der Waals surface area contributed by atoms with Crippen LogP contribution in [0.25, 0.3) is 0 Å². The molecule has 0 aliphatic carbocycles. The Labute approximate surface area is 109 Å². The molecule has 0 unspecified atom stereocenters. The number of nitrogens with two attached hydrogens (primary N) is 1. The maximum Gasteiger partial charge on any atom is 0.219 e. The molecule has 0 saturated carbocycles. The minimum Gasteiger partial charge on any atom is -0.439 e. The highest BCUT2D eigenvalue weighted by Crippen LogP contribution is 2.27. The van der Waals surface area contributed by atoms with E-state index in [0.717, 1.165) is 21.5 Å². The van der Waals surface area contributed by atoms with Gasteiger partial charge in [-0.15, -0.1) is 0 Å². The van der Waals surface area contributed by atoms with E-state index in [0.29, 0.717) is 12.4 Å². The summed E-state index contributed by atoms with van der Waals surface area (Å²) >= 11 is 3.42. The number of aromatic nitrogens is 1. The third kappa shape index (κ3) is 3.05. The van der Waals surface area contributed by atoms with Crippen LogP contribution in [0.1, 0.15) is 11.3 Å². The second-order valence-corrected chi connectivity index (χ2v) is 4.60. The van der Waals surface area contributed by atoms with E-state index >= 15 is 0 Å². The first kappa shape index (κ1) is 12.1. The lowest BCUT2D eigenvalue weighted by Crippen LogP contribution is -2.00. The molecule has 0 bridgehead atoms. The molecule has 0 atom stereocenters. The monoisotopic (exact) mass is 292 g/mol. The van der Waals surface area contributed by atoms with Gasteiger partial charge < -0.3 is 10.5 Å². The van der Waals surface area contributed by atoms with Crippen molar-refractivity contribution in [3.05, 3.63) is 52.1 Å². The predicted molar refractivity (Wildman–Crippen MR) is 71.1 cm³/mol. The molecule has 0 spiro atoms. The van der Waals surface area contributed by atoms with Crippen LogP contribution in [0.5, 0.6) is 11.6 Å². The minimum absolute atomic E-state index is 0.411. The fourth-order valence-corrected chi connectivity index (χ4v) is 1.76. The number of hydrogen-bond donors (Lipinski definition) is 1. The zero-order valence-electron chi connectivity index (χ0n) is 9.48. The van der Waals surface area contributed by atoms with Crippen LogP contribution in [0.3, 0.4) is 0 Å². The third-order valence-corrected chi connectivity index (χ3v) is 2.85. The van der Waals surface area contributed by atoms with Gasteiger partial charge in [-0.1, -0.05) is 28.1 Å². The first-order chi connectivity index (χ1) is 8.19.